The van der Waals surface area contributed by atoms with Gasteiger partial charge in [0, 0.05) is 37.1 Å². The molecule has 0 fully saturated rings. The lowest BCUT2D eigenvalue weighted by Crippen LogP contribution is -2.48. The Morgan fingerprint density at radius 1 is 0.946 bits per heavy atom. The number of aromatic nitrogens is 1. The molecule has 2 aromatic carbocycles. The van der Waals surface area contributed by atoms with Crippen molar-refractivity contribution >= 4 is 35.3 Å². The van der Waals surface area contributed by atoms with Gasteiger partial charge in [-0.3, -0.25) is 14.4 Å². The normalized spacial score (nSPS) is 11.5. The molecule has 1 heterocycles. The minimum absolute atomic E-state index is 0.0293. The van der Waals surface area contributed by atoms with Gasteiger partial charge in [-0.25, -0.2) is 4.79 Å². The van der Waals surface area contributed by atoms with Crippen LogP contribution in [0.5, 0.6) is 5.75 Å². The number of phenolic OH excluding ortho intramolecular Hbond substituents is 1. The maximum Gasteiger partial charge on any atom is 0.328 e. The highest BCUT2D eigenvalue weighted by molar-refractivity contribution is 6.34. The molecule has 0 spiro atoms. The monoisotopic (exact) mass is 526 g/mol. The zero-order chi connectivity index (χ0) is 27.3. The molecule has 3 rings (SSSR count). The van der Waals surface area contributed by atoms with Crippen LogP contribution < -0.4 is 16.0 Å². The average Bonchev–Trinajstić information content (AvgIpc) is 3.11. The van der Waals surface area contributed by atoms with Crippen LogP contribution in [0.4, 0.5) is 0 Å². The molecule has 10 nitrogen and oxygen atoms in total. The molecule has 0 radical (unpaired) electrons. The molecule has 0 saturated heterocycles. The second-order valence-corrected chi connectivity index (χ2v) is 8.87. The quantitative estimate of drug-likeness (QED) is 0.289. The number of carbonyl (C=O) groups excluding carboxylic acids is 3. The molecular formula is C26H27ClN4O6. The Labute approximate surface area is 218 Å². The number of hydrogen-bond acceptors (Lipinski definition) is 5. The van der Waals surface area contributed by atoms with E-state index < -0.39 is 29.7 Å². The van der Waals surface area contributed by atoms with E-state index in [0.29, 0.717) is 11.1 Å². The van der Waals surface area contributed by atoms with Gasteiger partial charge in [-0.2, -0.15) is 0 Å². The van der Waals surface area contributed by atoms with Crippen molar-refractivity contribution in [2.45, 2.75) is 26.4 Å². The summed E-state index contributed by atoms with van der Waals surface area (Å²) in [5.74, 6) is -2.94. The summed E-state index contributed by atoms with van der Waals surface area (Å²) < 4.78 is 1.84. The van der Waals surface area contributed by atoms with Gasteiger partial charge in [-0.15, -0.1) is 0 Å². The van der Waals surface area contributed by atoms with Gasteiger partial charge in [0.15, 0.2) is 0 Å². The number of benzene rings is 2. The summed E-state index contributed by atoms with van der Waals surface area (Å²) in [6.45, 7) is 3.44. The van der Waals surface area contributed by atoms with E-state index in [9.17, 15) is 29.4 Å². The number of carboxylic acids is 1. The number of nitrogens with one attached hydrogen (secondary N) is 3. The van der Waals surface area contributed by atoms with Crippen molar-refractivity contribution in [2.75, 3.05) is 6.54 Å². The van der Waals surface area contributed by atoms with E-state index in [4.69, 9.17) is 11.6 Å². The van der Waals surface area contributed by atoms with Crippen molar-refractivity contribution in [2.24, 2.45) is 7.05 Å². The van der Waals surface area contributed by atoms with Crippen LogP contribution in [0.15, 0.2) is 48.5 Å². The lowest BCUT2D eigenvalue weighted by Gasteiger charge is -2.16. The lowest BCUT2D eigenvalue weighted by atomic mass is 10.1. The van der Waals surface area contributed by atoms with Crippen molar-refractivity contribution in [1.29, 1.82) is 0 Å². The number of nitrogens with zero attached hydrogens (tertiary/aromatic N) is 1. The Morgan fingerprint density at radius 3 is 2.27 bits per heavy atom. The summed E-state index contributed by atoms with van der Waals surface area (Å²) in [4.78, 5) is 49.4. The van der Waals surface area contributed by atoms with Crippen molar-refractivity contribution in [3.63, 3.8) is 0 Å². The second kappa shape index (κ2) is 11.6. The molecule has 3 amide bonds. The molecule has 0 aliphatic heterocycles. The number of aliphatic carboxylic acids is 1. The van der Waals surface area contributed by atoms with Crippen LogP contribution in [0.2, 0.25) is 5.02 Å². The Balaban J connectivity index is 1.62. The van der Waals surface area contributed by atoms with Crippen LogP contribution in [0.3, 0.4) is 0 Å². The molecule has 0 saturated carbocycles. The maximum atomic E-state index is 12.7. The minimum atomic E-state index is -1.41. The van der Waals surface area contributed by atoms with E-state index in [2.05, 4.69) is 16.0 Å². The van der Waals surface area contributed by atoms with Crippen LogP contribution >= 0.6 is 11.6 Å². The van der Waals surface area contributed by atoms with E-state index in [0.717, 1.165) is 11.4 Å². The highest BCUT2D eigenvalue weighted by Gasteiger charge is 2.24. The predicted octanol–water partition coefficient (Wildman–Crippen LogP) is 2.54. The molecule has 1 aromatic heterocycles. The summed E-state index contributed by atoms with van der Waals surface area (Å²) in [6, 6.07) is 10.7. The van der Waals surface area contributed by atoms with E-state index in [1.807, 2.05) is 18.5 Å². The summed E-state index contributed by atoms with van der Waals surface area (Å²) in [5, 5.41) is 26.6. The first kappa shape index (κ1) is 27.3. The Bertz CT molecular complexity index is 1370. The van der Waals surface area contributed by atoms with Gasteiger partial charge in [0.25, 0.3) is 17.7 Å². The van der Waals surface area contributed by atoms with E-state index >= 15 is 0 Å². The number of halogens is 1. The molecule has 0 aliphatic carbocycles. The highest BCUT2D eigenvalue weighted by atomic mass is 35.5. The standard InChI is InChI=1S/C26H27ClN4O6/c1-14-9-20(15(2)31(14)3)24(34)29-13-22(26(36)37)30-25(35)19-8-7-17(11-21(19)27)23(33)28-12-16-5-4-6-18(32)10-16/h4-11,22,32H,12-13H2,1-3H3,(H,28,33)(H,29,34)(H,30,35)(H,36,37)/t22-/m0/s1. The molecule has 194 valence electrons. The van der Waals surface area contributed by atoms with Gasteiger partial charge in [-0.05, 0) is 55.8 Å². The summed E-state index contributed by atoms with van der Waals surface area (Å²) in [6.07, 6.45) is 0. The Hall–Kier alpha value is -4.31. The van der Waals surface area contributed by atoms with E-state index in [1.165, 1.54) is 30.3 Å². The first-order chi connectivity index (χ1) is 17.5. The predicted molar refractivity (Wildman–Crippen MR) is 137 cm³/mol. The summed E-state index contributed by atoms with van der Waals surface area (Å²) in [7, 11) is 1.81. The van der Waals surface area contributed by atoms with Crippen LogP contribution in [0, 0.1) is 13.8 Å². The third-order valence-electron chi connectivity index (χ3n) is 5.93. The molecule has 11 heteroatoms. The number of carbonyl (C=O) groups is 4. The molecule has 3 aromatic rings. The maximum absolute atomic E-state index is 12.7. The fraction of sp³-hybridized carbons (Fsp3) is 0.231. The van der Waals surface area contributed by atoms with Crippen molar-refractivity contribution in [1.82, 2.24) is 20.5 Å². The van der Waals surface area contributed by atoms with Gasteiger partial charge in [0.1, 0.15) is 11.8 Å². The Morgan fingerprint density at radius 2 is 1.68 bits per heavy atom. The van der Waals surface area contributed by atoms with Crippen LogP contribution in [0.25, 0.3) is 0 Å². The third-order valence-corrected chi connectivity index (χ3v) is 6.24. The third kappa shape index (κ3) is 6.68. The van der Waals surface area contributed by atoms with Crippen LogP contribution in [-0.2, 0) is 18.4 Å². The molecule has 37 heavy (non-hydrogen) atoms. The smallest absolute Gasteiger partial charge is 0.328 e. The fourth-order valence-electron chi connectivity index (χ4n) is 3.60. The first-order valence-corrected chi connectivity index (χ1v) is 11.7. The number of phenols is 1. The average molecular weight is 527 g/mol. The molecule has 1 atom stereocenters. The molecule has 0 bridgehead atoms. The topological polar surface area (TPSA) is 150 Å². The first-order valence-electron chi connectivity index (χ1n) is 11.3. The zero-order valence-electron chi connectivity index (χ0n) is 20.5. The minimum Gasteiger partial charge on any atom is -0.508 e. The SMILES string of the molecule is Cc1cc(C(=O)NC[C@H](NC(=O)c2ccc(C(=O)NCc3cccc(O)c3)cc2Cl)C(=O)O)c(C)n1C. The van der Waals surface area contributed by atoms with Crippen molar-refractivity contribution in [3.05, 3.63) is 87.2 Å². The molecule has 0 aliphatic rings. The number of amides is 3. The number of aryl methyl sites for hydroxylation is 1. The van der Waals surface area contributed by atoms with Crippen LogP contribution in [-0.4, -0.2) is 51.1 Å². The number of aromatic hydroxyl groups is 1. The largest absolute Gasteiger partial charge is 0.508 e. The van der Waals surface area contributed by atoms with Gasteiger partial charge >= 0.3 is 5.97 Å². The molecular weight excluding hydrogens is 500 g/mol. The number of hydrogen-bond donors (Lipinski definition) is 5. The van der Waals surface area contributed by atoms with Gasteiger partial charge in [-0.1, -0.05) is 23.7 Å². The van der Waals surface area contributed by atoms with Crippen molar-refractivity contribution < 1.29 is 29.4 Å². The highest BCUT2D eigenvalue weighted by Crippen LogP contribution is 2.19. The zero-order valence-corrected chi connectivity index (χ0v) is 21.2. The summed E-state index contributed by atoms with van der Waals surface area (Å²) in [5.41, 5.74) is 2.87. The van der Waals surface area contributed by atoms with Gasteiger partial charge < -0.3 is 30.7 Å². The summed E-state index contributed by atoms with van der Waals surface area (Å²) >= 11 is 6.22. The molecule has 0 unspecified atom stereocenters. The number of rotatable bonds is 9. The second-order valence-electron chi connectivity index (χ2n) is 8.47. The number of carboxylic acid groups (broad SMARTS) is 1. The fourth-order valence-corrected chi connectivity index (χ4v) is 3.87. The van der Waals surface area contributed by atoms with Gasteiger partial charge in [0.05, 0.1) is 16.1 Å². The molecule has 5 N–H and O–H groups in total. The van der Waals surface area contributed by atoms with Crippen LogP contribution in [0.1, 0.15) is 48.0 Å². The van der Waals surface area contributed by atoms with E-state index in [-0.39, 0.29) is 35.0 Å². The van der Waals surface area contributed by atoms with Crippen molar-refractivity contribution in [3.8, 4) is 5.75 Å². The van der Waals surface area contributed by atoms with E-state index in [1.54, 1.807) is 25.1 Å². The lowest BCUT2D eigenvalue weighted by molar-refractivity contribution is -0.139. The Kier molecular flexibility index (Phi) is 8.56. The van der Waals surface area contributed by atoms with Gasteiger partial charge in [0.2, 0.25) is 0 Å².